The van der Waals surface area contributed by atoms with Gasteiger partial charge in [-0.3, -0.25) is 4.68 Å². The molecule has 0 bridgehead atoms. The highest BCUT2D eigenvalue weighted by molar-refractivity contribution is 6.74. The van der Waals surface area contributed by atoms with Crippen LogP contribution in [0.5, 0.6) is 0 Å². The summed E-state index contributed by atoms with van der Waals surface area (Å²) in [6, 6.07) is 0. The molecule has 1 saturated heterocycles. The first-order chi connectivity index (χ1) is 12.9. The van der Waals surface area contributed by atoms with Crippen molar-refractivity contribution < 1.29 is 19.1 Å². The van der Waals surface area contributed by atoms with Gasteiger partial charge in [-0.1, -0.05) is 24.9 Å². The number of carbonyl (C=O) groups excluding carboxylic acids is 2. The van der Waals surface area contributed by atoms with Gasteiger partial charge in [0.25, 0.3) is 0 Å². The molecule has 2 rings (SSSR count). The van der Waals surface area contributed by atoms with E-state index in [2.05, 4.69) is 30.0 Å². The van der Waals surface area contributed by atoms with E-state index in [1.807, 2.05) is 25.5 Å². The van der Waals surface area contributed by atoms with Crippen molar-refractivity contribution in [2.45, 2.75) is 77.9 Å². The number of likely N-dealkylation sites (tertiary alicyclic amines) is 1. The zero-order valence-corrected chi connectivity index (χ0v) is 19.2. The van der Waals surface area contributed by atoms with Gasteiger partial charge >= 0.3 is 12.1 Å². The monoisotopic (exact) mass is 410 g/mol. The van der Waals surface area contributed by atoms with Crippen LogP contribution in [0.15, 0.2) is 0 Å². The molecule has 1 aromatic rings. The van der Waals surface area contributed by atoms with E-state index in [0.29, 0.717) is 25.4 Å². The fraction of sp³-hybridized carbons (Fsp3) is 0.789. The Morgan fingerprint density at radius 2 is 1.79 bits per heavy atom. The molecule has 28 heavy (non-hydrogen) atoms. The van der Waals surface area contributed by atoms with Crippen molar-refractivity contribution in [1.82, 2.24) is 19.9 Å². The summed E-state index contributed by atoms with van der Waals surface area (Å²) in [6.07, 6.45) is 1.99. The Kier molecular flexibility index (Phi) is 6.90. The Balaban J connectivity index is 2.19. The molecule has 0 aliphatic carbocycles. The van der Waals surface area contributed by atoms with Crippen LogP contribution in [0.4, 0.5) is 4.79 Å². The van der Waals surface area contributed by atoms with Gasteiger partial charge in [-0.2, -0.15) is 0 Å². The van der Waals surface area contributed by atoms with Crippen molar-refractivity contribution in [2.24, 2.45) is 0 Å². The van der Waals surface area contributed by atoms with Crippen LogP contribution < -0.4 is 0 Å². The summed E-state index contributed by atoms with van der Waals surface area (Å²) in [7, 11) is -1.47. The van der Waals surface area contributed by atoms with Crippen molar-refractivity contribution in [3.8, 4) is 0 Å². The quantitative estimate of drug-likeness (QED) is 0.546. The first kappa shape index (κ1) is 22.4. The van der Waals surface area contributed by atoms with Crippen LogP contribution in [0.1, 0.15) is 62.6 Å². The normalized spacial score (nSPS) is 16.2. The Morgan fingerprint density at radius 1 is 1.18 bits per heavy atom. The molecule has 0 saturated carbocycles. The molecule has 8 nitrogen and oxygen atoms in total. The topological polar surface area (TPSA) is 86.5 Å². The molecule has 0 unspecified atom stereocenters. The molecule has 0 N–H and O–H groups in total. The number of hydrogen-bond acceptors (Lipinski definition) is 6. The number of carbonyl (C=O) groups is 2. The summed E-state index contributed by atoms with van der Waals surface area (Å²) >= 11 is 0. The smallest absolute Gasteiger partial charge is 0.410 e. The maximum Gasteiger partial charge on any atom is 0.410 e. The van der Waals surface area contributed by atoms with E-state index in [4.69, 9.17) is 9.47 Å². The van der Waals surface area contributed by atoms with Crippen LogP contribution in [0.25, 0.3) is 0 Å². The van der Waals surface area contributed by atoms with E-state index >= 15 is 0 Å². The van der Waals surface area contributed by atoms with Gasteiger partial charge in [-0.15, -0.1) is 5.10 Å². The number of nitrogens with zero attached hydrogens (tertiary/aromatic N) is 4. The molecule has 1 aliphatic heterocycles. The third kappa shape index (κ3) is 6.05. The zero-order chi connectivity index (χ0) is 21.1. The van der Waals surface area contributed by atoms with Crippen molar-refractivity contribution >= 4 is 20.1 Å². The summed E-state index contributed by atoms with van der Waals surface area (Å²) < 4.78 is 12.6. The van der Waals surface area contributed by atoms with E-state index in [9.17, 15) is 9.59 Å². The van der Waals surface area contributed by atoms with Crippen LogP contribution in [0.3, 0.4) is 0 Å². The highest BCUT2D eigenvalue weighted by atomic mass is 28.3. The maximum atomic E-state index is 12.4. The Bertz CT molecular complexity index is 698. The molecule has 0 atom stereocenters. The van der Waals surface area contributed by atoms with E-state index in [-0.39, 0.29) is 12.0 Å². The number of rotatable bonds is 5. The van der Waals surface area contributed by atoms with Crippen LogP contribution >= 0.6 is 0 Å². The molecule has 1 aliphatic rings. The molecule has 1 fully saturated rings. The van der Waals surface area contributed by atoms with Gasteiger partial charge < -0.3 is 14.4 Å². The molecule has 9 heteroatoms. The van der Waals surface area contributed by atoms with Crippen molar-refractivity contribution in [1.29, 1.82) is 0 Å². The molecular weight excluding hydrogens is 376 g/mol. The number of aromatic nitrogens is 3. The molecule has 158 valence electrons. The van der Waals surface area contributed by atoms with Gasteiger partial charge in [-0.25, -0.2) is 9.59 Å². The largest absolute Gasteiger partial charge is 0.461 e. The first-order valence-electron chi connectivity index (χ1n) is 9.99. The van der Waals surface area contributed by atoms with Gasteiger partial charge in [0.1, 0.15) is 5.60 Å². The number of hydrogen-bond donors (Lipinski definition) is 0. The second kappa shape index (κ2) is 8.63. The maximum absolute atomic E-state index is 12.4. The Hall–Kier alpha value is -1.90. The molecule has 0 radical (unpaired) electrons. The molecule has 2 heterocycles. The van der Waals surface area contributed by atoms with Gasteiger partial charge in [0, 0.05) is 25.2 Å². The second-order valence-corrected chi connectivity index (χ2v) is 14.9. The van der Waals surface area contributed by atoms with Crippen LogP contribution in [0.2, 0.25) is 19.6 Å². The van der Waals surface area contributed by atoms with E-state index in [0.717, 1.165) is 24.7 Å². The molecule has 1 amide bonds. The summed E-state index contributed by atoms with van der Waals surface area (Å²) in [5, 5.41) is 8.43. The lowest BCUT2D eigenvalue weighted by Gasteiger charge is -2.34. The number of esters is 1. The highest BCUT2D eigenvalue weighted by Gasteiger charge is 2.34. The van der Waals surface area contributed by atoms with Crippen LogP contribution in [-0.2, 0) is 15.6 Å². The highest BCUT2D eigenvalue weighted by Crippen LogP contribution is 2.31. The van der Waals surface area contributed by atoms with Gasteiger partial charge in [-0.05, 0) is 40.5 Å². The first-order valence-corrected chi connectivity index (χ1v) is 13.7. The Morgan fingerprint density at radius 3 is 2.29 bits per heavy atom. The lowest BCUT2D eigenvalue weighted by Crippen LogP contribution is -2.42. The average molecular weight is 411 g/mol. The van der Waals surface area contributed by atoms with E-state index in [1.165, 1.54) is 0 Å². The fourth-order valence-corrected chi connectivity index (χ4v) is 4.43. The summed E-state index contributed by atoms with van der Waals surface area (Å²) in [6.45, 7) is 15.6. The zero-order valence-electron chi connectivity index (χ0n) is 18.2. The SMILES string of the molecule is CCOC(=O)c1nnn(C[Si](C)(C)C)c1C1CCN(C(=O)OC(C)(C)C)CC1. The second-order valence-electron chi connectivity index (χ2n) is 9.50. The van der Waals surface area contributed by atoms with Gasteiger partial charge in [0.15, 0.2) is 5.69 Å². The summed E-state index contributed by atoms with van der Waals surface area (Å²) in [4.78, 5) is 26.5. The minimum atomic E-state index is -1.47. The average Bonchev–Trinajstić information content (AvgIpc) is 2.95. The predicted octanol–water partition coefficient (Wildman–Crippen LogP) is 3.45. The van der Waals surface area contributed by atoms with Crippen molar-refractivity contribution in [3.63, 3.8) is 0 Å². The molecular formula is C19H34N4O4Si. The number of piperidine rings is 1. The third-order valence-electron chi connectivity index (χ3n) is 4.40. The molecule has 0 spiro atoms. The van der Waals surface area contributed by atoms with Gasteiger partial charge in [0.2, 0.25) is 0 Å². The third-order valence-corrected chi connectivity index (χ3v) is 5.65. The Labute approximate surface area is 168 Å². The minimum Gasteiger partial charge on any atom is -0.461 e. The standard InChI is InChI=1S/C19H34N4O4Si/c1-8-26-17(24)15-16(23(21-20-15)13-28(5,6)7)14-9-11-22(12-10-14)18(25)27-19(2,3)4/h14H,8-13H2,1-7H3. The number of ether oxygens (including phenoxy) is 2. The summed E-state index contributed by atoms with van der Waals surface area (Å²) in [5.74, 6) is -0.307. The van der Waals surface area contributed by atoms with Crippen molar-refractivity contribution in [3.05, 3.63) is 11.4 Å². The fourth-order valence-electron chi connectivity index (χ4n) is 3.30. The lowest BCUT2D eigenvalue weighted by molar-refractivity contribution is 0.0201. The minimum absolute atomic E-state index is 0.115. The van der Waals surface area contributed by atoms with Crippen LogP contribution in [-0.4, -0.2) is 65.3 Å². The summed E-state index contributed by atoms with van der Waals surface area (Å²) in [5.41, 5.74) is 0.658. The van der Waals surface area contributed by atoms with Gasteiger partial charge in [0.05, 0.1) is 20.4 Å². The van der Waals surface area contributed by atoms with E-state index in [1.54, 1.807) is 11.8 Å². The number of amides is 1. The van der Waals surface area contributed by atoms with Crippen molar-refractivity contribution in [2.75, 3.05) is 19.7 Å². The molecule has 0 aromatic carbocycles. The van der Waals surface area contributed by atoms with Crippen LogP contribution in [0, 0.1) is 0 Å². The van der Waals surface area contributed by atoms with E-state index < -0.39 is 19.6 Å². The lowest BCUT2D eigenvalue weighted by atomic mass is 9.92. The predicted molar refractivity (Wildman–Crippen MR) is 109 cm³/mol. The molecule has 1 aromatic heterocycles.